The highest BCUT2D eigenvalue weighted by Crippen LogP contribution is 2.71. The zero-order valence-corrected chi connectivity index (χ0v) is 43.2. The molecule has 0 spiro atoms. The molecule has 70 heavy (non-hydrogen) atoms. The number of hydrogen-bond donors (Lipinski definition) is 0. The first-order valence-electron chi connectivity index (χ1n) is 25.0. The van der Waals surface area contributed by atoms with Crippen LogP contribution in [0.2, 0.25) is 0 Å². The molecule has 4 aliphatic rings. The summed E-state index contributed by atoms with van der Waals surface area (Å²) in [5, 5.41) is -0.781. The van der Waals surface area contributed by atoms with Gasteiger partial charge in [0.15, 0.2) is 0 Å². The lowest BCUT2D eigenvalue weighted by Gasteiger charge is -2.44. The summed E-state index contributed by atoms with van der Waals surface area (Å²) in [6.45, 7) is 16.1. The van der Waals surface area contributed by atoms with Gasteiger partial charge in [-0.05, 0) is 203 Å². The molecule has 3 fully saturated rings. The molecule has 6 nitrogen and oxygen atoms in total. The quantitative estimate of drug-likeness (QED) is 0.0654. The summed E-state index contributed by atoms with van der Waals surface area (Å²) < 4.78 is 40.9. The lowest BCUT2D eigenvalue weighted by atomic mass is 9.82. The van der Waals surface area contributed by atoms with Crippen molar-refractivity contribution in [1.29, 1.82) is 0 Å². The molecule has 0 N–H and O–H groups in total. The molecule has 11 rings (SSSR count). The molecule has 7 aromatic rings. The second-order valence-corrected chi connectivity index (χ2v) is 22.6. The minimum absolute atomic E-state index is 0.381. The lowest BCUT2D eigenvalue weighted by Crippen LogP contribution is -2.38. The van der Waals surface area contributed by atoms with Crippen LogP contribution in [0, 0.1) is 72.1 Å². The topological polar surface area (TPSA) is 71.1 Å². The first-order chi connectivity index (χ1) is 33.7. The first-order valence-corrected chi connectivity index (χ1v) is 26.7. The highest BCUT2D eigenvalue weighted by atomic mass is 31.2. The van der Waals surface area contributed by atoms with E-state index in [2.05, 4.69) is 58.9 Å². The number of benzene rings is 7. The number of rotatable bonds is 8. The molecular formula is C63H67O6P. The van der Waals surface area contributed by atoms with Gasteiger partial charge in [0.05, 0.1) is 12.4 Å². The van der Waals surface area contributed by atoms with Gasteiger partial charge in [-0.1, -0.05) is 115 Å². The predicted octanol–water partition coefficient (Wildman–Crippen LogP) is 16.0. The van der Waals surface area contributed by atoms with E-state index in [4.69, 9.17) is 18.7 Å². The van der Waals surface area contributed by atoms with Crippen LogP contribution in [0.3, 0.4) is 0 Å². The highest BCUT2D eigenvalue weighted by Gasteiger charge is 2.58. The third-order valence-corrected chi connectivity index (χ3v) is 18.8. The third-order valence-electron chi connectivity index (χ3n) is 15.6. The van der Waals surface area contributed by atoms with Crippen LogP contribution in [0.15, 0.2) is 146 Å². The van der Waals surface area contributed by atoms with Crippen LogP contribution in [0.4, 0.5) is 0 Å². The Labute approximate surface area is 415 Å². The summed E-state index contributed by atoms with van der Waals surface area (Å²) >= 11 is 0. The average Bonchev–Trinajstić information content (AvgIpc) is 4.12. The number of hydrogen-bond acceptors (Lipinski definition) is 6. The zero-order valence-electron chi connectivity index (χ0n) is 42.3. The molecule has 360 valence electrons. The van der Waals surface area contributed by atoms with E-state index in [-0.39, 0.29) is 0 Å². The number of aryl methyl sites for hydroxylation is 6. The number of carbonyl (C=O) groups excluding carboxylic acids is 1. The van der Waals surface area contributed by atoms with Crippen LogP contribution in [0.1, 0.15) is 101 Å². The molecular weight excluding hydrogens is 884 g/mol. The molecule has 1 aliphatic heterocycles. The molecule has 0 aromatic heterocycles. The number of carbonyl (C=O) groups is 1. The van der Waals surface area contributed by atoms with Gasteiger partial charge in [0, 0.05) is 12.5 Å². The molecule has 0 radical (unpaired) electrons. The van der Waals surface area contributed by atoms with Gasteiger partial charge < -0.3 is 18.7 Å². The number of fused-ring (bicyclic) bond motifs is 8. The Hall–Kier alpha value is -6.36. The van der Waals surface area contributed by atoms with Crippen molar-refractivity contribution >= 4 is 18.6 Å². The van der Waals surface area contributed by atoms with Gasteiger partial charge in [0.2, 0.25) is 0 Å². The summed E-state index contributed by atoms with van der Waals surface area (Å²) in [5.41, 5.74) is 12.7. The van der Waals surface area contributed by atoms with Crippen LogP contribution in [0.5, 0.6) is 28.7 Å². The fourth-order valence-corrected chi connectivity index (χ4v) is 15.7. The summed E-state index contributed by atoms with van der Waals surface area (Å²) in [6, 6.07) is 46.6. The Bertz CT molecular complexity index is 3000. The van der Waals surface area contributed by atoms with Gasteiger partial charge in [-0.15, -0.1) is 0 Å². The van der Waals surface area contributed by atoms with Crippen LogP contribution in [-0.2, 0) is 14.5 Å². The smallest absolute Gasteiger partial charge is 0.308 e. The maximum absolute atomic E-state index is 16.6. The third kappa shape index (κ3) is 9.24. The zero-order chi connectivity index (χ0) is 49.3. The van der Waals surface area contributed by atoms with E-state index in [0.29, 0.717) is 33.9 Å². The van der Waals surface area contributed by atoms with Crippen molar-refractivity contribution in [2.45, 2.75) is 99.1 Å². The first kappa shape index (κ1) is 48.7. The van der Waals surface area contributed by atoms with Gasteiger partial charge in [-0.25, -0.2) is 0 Å². The highest BCUT2D eigenvalue weighted by molar-refractivity contribution is 7.69. The van der Waals surface area contributed by atoms with Crippen molar-refractivity contribution in [2.75, 3.05) is 7.11 Å². The maximum atomic E-state index is 16.6. The average molecular weight is 951 g/mol. The predicted molar refractivity (Wildman–Crippen MR) is 285 cm³/mol. The van der Waals surface area contributed by atoms with E-state index in [9.17, 15) is 4.79 Å². The molecule has 7 heteroatoms. The van der Waals surface area contributed by atoms with Crippen molar-refractivity contribution in [3.8, 4) is 39.9 Å². The Morgan fingerprint density at radius 1 is 0.571 bits per heavy atom. The van der Waals surface area contributed by atoms with Crippen LogP contribution < -0.4 is 24.0 Å². The maximum Gasteiger partial charge on any atom is 0.308 e. The van der Waals surface area contributed by atoms with Crippen molar-refractivity contribution in [2.24, 2.45) is 23.7 Å². The number of esters is 1. The molecule has 2 bridgehead atoms. The molecule has 6 atom stereocenters. The molecule has 3 saturated carbocycles. The fraction of sp³-hybridized carbons (Fsp3) is 0.317. The van der Waals surface area contributed by atoms with E-state index in [1.165, 1.54) is 58.4 Å². The number of ether oxygens (including phenoxy) is 3. The molecule has 0 saturated heterocycles. The van der Waals surface area contributed by atoms with E-state index >= 15 is 4.57 Å². The summed E-state index contributed by atoms with van der Waals surface area (Å²) in [5.74, 6) is 7.40. The van der Waals surface area contributed by atoms with E-state index in [1.807, 2.05) is 123 Å². The standard InChI is InChI=1S/C43H37O6P.C10H16.C10H14/c1-28-26-29(2)42(30(3)27-28)48-37-24-18-34(19-25-37)43(32-14-20-35(46-5)21-15-32,33-16-22-36(23-17-33)47-31(4)44)50(45)41-13-9-7-11-39(41)38-10-6-8-12-40(38)49-50;1-2-9-7-4-5-8(6-7)10(9)3-1;1-7-5-8(2)10(4)9(3)6-7/h6-27H,1-5H3;7-10H,1-6H2;5-6H,1-4H3. The van der Waals surface area contributed by atoms with E-state index < -0.39 is 18.5 Å². The second kappa shape index (κ2) is 20.2. The number of para-hydroxylation sites is 1. The summed E-state index contributed by atoms with van der Waals surface area (Å²) in [7, 11) is -2.38. The Balaban J connectivity index is 0.000000247. The van der Waals surface area contributed by atoms with Crippen molar-refractivity contribution in [1.82, 2.24) is 0 Å². The van der Waals surface area contributed by atoms with Crippen LogP contribution in [-0.4, -0.2) is 13.1 Å². The minimum atomic E-state index is -4.00. The minimum Gasteiger partial charge on any atom is -0.497 e. The molecule has 7 aromatic carbocycles. The Morgan fingerprint density at radius 3 is 1.57 bits per heavy atom. The monoisotopic (exact) mass is 950 g/mol. The largest absolute Gasteiger partial charge is 0.497 e. The summed E-state index contributed by atoms with van der Waals surface area (Å²) in [6.07, 6.45) is 9.53. The Kier molecular flexibility index (Phi) is 14.0. The lowest BCUT2D eigenvalue weighted by molar-refractivity contribution is -0.131. The normalized spacial score (nSPS) is 21.0. The van der Waals surface area contributed by atoms with Gasteiger partial charge in [-0.2, -0.15) is 0 Å². The molecule has 3 aliphatic carbocycles. The van der Waals surface area contributed by atoms with Gasteiger partial charge >= 0.3 is 5.97 Å². The SMILES string of the molecule is C1CC2C3CCC(C3)C2C1.COc1ccc(C(c2ccc(OC(C)=O)cc2)(c2ccc(Oc3c(C)cc(C)cc3C)cc2)P2(=O)Oc3ccccc3-c3ccccc32)cc1.Cc1cc(C)c(C)c(C)c1. The van der Waals surface area contributed by atoms with Gasteiger partial charge in [-0.3, -0.25) is 9.36 Å². The second-order valence-electron chi connectivity index (χ2n) is 20.2. The Morgan fingerprint density at radius 2 is 1.04 bits per heavy atom. The van der Waals surface area contributed by atoms with Crippen LogP contribution in [0.25, 0.3) is 11.1 Å². The van der Waals surface area contributed by atoms with Crippen molar-refractivity contribution in [3.05, 3.63) is 201 Å². The van der Waals surface area contributed by atoms with Crippen LogP contribution >= 0.6 is 7.37 Å². The van der Waals surface area contributed by atoms with Crippen molar-refractivity contribution in [3.63, 3.8) is 0 Å². The summed E-state index contributed by atoms with van der Waals surface area (Å²) in [4.78, 5) is 11.9. The van der Waals surface area contributed by atoms with Gasteiger partial charge in [0.1, 0.15) is 33.9 Å². The van der Waals surface area contributed by atoms with E-state index in [1.54, 1.807) is 57.8 Å². The molecule has 0 amide bonds. The van der Waals surface area contributed by atoms with E-state index in [0.717, 1.165) is 39.1 Å². The molecule has 1 heterocycles. The number of methoxy groups -OCH3 is 1. The van der Waals surface area contributed by atoms with Gasteiger partial charge in [0.25, 0.3) is 7.37 Å². The van der Waals surface area contributed by atoms with Crippen molar-refractivity contribution < 1.29 is 28.1 Å². The fourth-order valence-electron chi connectivity index (χ4n) is 12.4. The molecule has 6 unspecified atom stereocenters.